The summed E-state index contributed by atoms with van der Waals surface area (Å²) in [6, 6.07) is 4.98. The molecule has 0 aromatic heterocycles. The van der Waals surface area contributed by atoms with Gasteiger partial charge in [-0.25, -0.2) is 13.6 Å². The zero-order chi connectivity index (χ0) is 10.1. The Morgan fingerprint density at radius 3 is 2.62 bits per heavy atom. The van der Waals surface area contributed by atoms with E-state index in [9.17, 15) is 8.42 Å². The minimum Gasteiger partial charge on any atom is -0.228 e. The number of benzene rings is 1. The summed E-state index contributed by atoms with van der Waals surface area (Å²) >= 11 is 8.97. The monoisotopic (exact) mass is 283 g/mol. The first-order chi connectivity index (χ1) is 5.88. The molecule has 13 heavy (non-hydrogen) atoms. The third-order valence-corrected chi connectivity index (χ3v) is 2.94. The predicted octanol–water partition coefficient (Wildman–Crippen LogP) is 1.89. The van der Waals surface area contributed by atoms with Crippen molar-refractivity contribution in [3.8, 4) is 0 Å². The van der Waals surface area contributed by atoms with Crippen LogP contribution in [0.1, 0.15) is 5.56 Å². The first-order valence-corrected chi connectivity index (χ1v) is 6.21. The van der Waals surface area contributed by atoms with Crippen molar-refractivity contribution >= 4 is 37.6 Å². The molecule has 0 fully saturated rings. The molecule has 0 aliphatic rings. The number of primary sulfonamides is 1. The second-order valence-electron chi connectivity index (χ2n) is 2.54. The summed E-state index contributed by atoms with van der Waals surface area (Å²) in [7, 11) is -3.52. The van der Waals surface area contributed by atoms with E-state index in [1.807, 2.05) is 0 Å². The quantitative estimate of drug-likeness (QED) is 0.901. The Bertz CT molecular complexity index is 419. The largest absolute Gasteiger partial charge is 0.228 e. The van der Waals surface area contributed by atoms with Crippen LogP contribution in [0.25, 0.3) is 0 Å². The van der Waals surface area contributed by atoms with Crippen molar-refractivity contribution in [1.29, 1.82) is 0 Å². The summed E-state index contributed by atoms with van der Waals surface area (Å²) in [4.78, 5) is 0. The first-order valence-electron chi connectivity index (χ1n) is 3.33. The highest BCUT2D eigenvalue weighted by Gasteiger charge is 2.08. The molecule has 0 aliphatic heterocycles. The Kier molecular flexibility index (Phi) is 3.34. The van der Waals surface area contributed by atoms with Crippen LogP contribution in [0.2, 0.25) is 5.02 Å². The molecule has 3 nitrogen and oxygen atoms in total. The molecule has 2 N–H and O–H groups in total. The van der Waals surface area contributed by atoms with Gasteiger partial charge in [-0.05, 0) is 23.8 Å². The molecule has 0 atom stereocenters. The van der Waals surface area contributed by atoms with Gasteiger partial charge in [-0.15, -0.1) is 0 Å². The summed E-state index contributed by atoms with van der Waals surface area (Å²) < 4.78 is 22.3. The van der Waals surface area contributed by atoms with E-state index in [1.165, 1.54) is 0 Å². The fraction of sp³-hybridized carbons (Fsp3) is 0.143. The first kappa shape index (κ1) is 11.0. The van der Waals surface area contributed by atoms with Gasteiger partial charge in [0.1, 0.15) is 0 Å². The van der Waals surface area contributed by atoms with Crippen LogP contribution in [0.5, 0.6) is 0 Å². The lowest BCUT2D eigenvalue weighted by atomic mass is 10.2. The van der Waals surface area contributed by atoms with Gasteiger partial charge in [0.25, 0.3) is 0 Å². The van der Waals surface area contributed by atoms with Gasteiger partial charge in [0.15, 0.2) is 0 Å². The zero-order valence-electron chi connectivity index (χ0n) is 6.50. The van der Waals surface area contributed by atoms with E-state index in [1.54, 1.807) is 18.2 Å². The van der Waals surface area contributed by atoms with Crippen LogP contribution in [-0.4, -0.2) is 8.42 Å². The maximum Gasteiger partial charge on any atom is 0.213 e. The maximum atomic E-state index is 10.8. The Hall–Kier alpha value is -0.100. The number of rotatable bonds is 2. The molecule has 0 saturated heterocycles. The molecule has 1 aromatic carbocycles. The molecule has 6 heteroatoms. The Balaban J connectivity index is 3.08. The fourth-order valence-corrected chi connectivity index (χ4v) is 2.22. The van der Waals surface area contributed by atoms with Gasteiger partial charge in [-0.1, -0.05) is 27.5 Å². The Morgan fingerprint density at radius 2 is 2.08 bits per heavy atom. The van der Waals surface area contributed by atoms with Gasteiger partial charge in [-0.2, -0.15) is 0 Å². The average Bonchev–Trinajstić information content (AvgIpc) is 1.94. The predicted molar refractivity (Wildman–Crippen MR) is 56.0 cm³/mol. The standard InChI is InChI=1S/C7H7BrClNO2S/c8-6-1-2-7(9)5(3-6)4-13(10,11)12/h1-3H,4H2,(H2,10,11,12). The summed E-state index contributed by atoms with van der Waals surface area (Å²) in [5.74, 6) is -0.245. The number of hydrogen-bond donors (Lipinski definition) is 1. The maximum absolute atomic E-state index is 10.8. The van der Waals surface area contributed by atoms with E-state index in [2.05, 4.69) is 15.9 Å². The number of sulfonamides is 1. The smallest absolute Gasteiger partial charge is 0.213 e. The highest BCUT2D eigenvalue weighted by atomic mass is 79.9. The molecule has 1 aromatic rings. The molecule has 0 heterocycles. The van der Waals surface area contributed by atoms with Crippen LogP contribution in [0.15, 0.2) is 22.7 Å². The third kappa shape index (κ3) is 3.64. The topological polar surface area (TPSA) is 60.2 Å². The average molecular weight is 285 g/mol. The van der Waals surface area contributed by atoms with Gasteiger partial charge in [-0.3, -0.25) is 0 Å². The molecule has 72 valence electrons. The Morgan fingerprint density at radius 1 is 1.46 bits per heavy atom. The minimum atomic E-state index is -3.52. The summed E-state index contributed by atoms with van der Waals surface area (Å²) in [6.45, 7) is 0. The lowest BCUT2D eigenvalue weighted by Crippen LogP contribution is -2.14. The normalized spacial score (nSPS) is 11.6. The van der Waals surface area contributed by atoms with Crippen molar-refractivity contribution in [3.05, 3.63) is 33.3 Å². The molecular weight excluding hydrogens is 278 g/mol. The van der Waals surface area contributed by atoms with Crippen molar-refractivity contribution in [2.45, 2.75) is 5.75 Å². The van der Waals surface area contributed by atoms with E-state index < -0.39 is 10.0 Å². The third-order valence-electron chi connectivity index (χ3n) is 1.36. The molecule has 1 rings (SSSR count). The highest BCUT2D eigenvalue weighted by Crippen LogP contribution is 2.22. The van der Waals surface area contributed by atoms with Gasteiger partial charge < -0.3 is 0 Å². The van der Waals surface area contributed by atoms with E-state index in [0.29, 0.717) is 10.6 Å². The van der Waals surface area contributed by atoms with E-state index in [0.717, 1.165) is 4.47 Å². The van der Waals surface area contributed by atoms with Gasteiger partial charge in [0.2, 0.25) is 10.0 Å². The minimum absolute atomic E-state index is 0.245. The lowest BCUT2D eigenvalue weighted by molar-refractivity contribution is 0.597. The molecular formula is C7H7BrClNO2S. The van der Waals surface area contributed by atoms with E-state index in [4.69, 9.17) is 16.7 Å². The fourth-order valence-electron chi connectivity index (χ4n) is 0.871. The molecule has 0 radical (unpaired) electrons. The van der Waals surface area contributed by atoms with Crippen LogP contribution >= 0.6 is 27.5 Å². The Labute approximate surface area is 90.1 Å². The van der Waals surface area contributed by atoms with Gasteiger partial charge >= 0.3 is 0 Å². The summed E-state index contributed by atoms with van der Waals surface area (Å²) in [6.07, 6.45) is 0. The molecule has 0 saturated carbocycles. The number of nitrogens with two attached hydrogens (primary N) is 1. The molecule has 0 amide bonds. The molecule has 0 bridgehead atoms. The van der Waals surface area contributed by atoms with Crippen LogP contribution in [0.4, 0.5) is 0 Å². The molecule has 0 spiro atoms. The summed E-state index contributed by atoms with van der Waals surface area (Å²) in [5.41, 5.74) is 0.499. The van der Waals surface area contributed by atoms with E-state index >= 15 is 0 Å². The molecule has 0 unspecified atom stereocenters. The second kappa shape index (κ2) is 3.96. The molecule has 0 aliphatic carbocycles. The SMILES string of the molecule is NS(=O)(=O)Cc1cc(Br)ccc1Cl. The van der Waals surface area contributed by atoms with Crippen molar-refractivity contribution in [2.75, 3.05) is 0 Å². The van der Waals surface area contributed by atoms with Crippen molar-refractivity contribution in [1.82, 2.24) is 0 Å². The lowest BCUT2D eigenvalue weighted by Gasteiger charge is -2.02. The van der Waals surface area contributed by atoms with Crippen LogP contribution in [0, 0.1) is 0 Å². The van der Waals surface area contributed by atoms with Crippen LogP contribution < -0.4 is 5.14 Å². The van der Waals surface area contributed by atoms with Gasteiger partial charge in [0.05, 0.1) is 5.75 Å². The van der Waals surface area contributed by atoms with Crippen molar-refractivity contribution in [2.24, 2.45) is 5.14 Å². The van der Waals surface area contributed by atoms with Crippen LogP contribution in [-0.2, 0) is 15.8 Å². The van der Waals surface area contributed by atoms with E-state index in [-0.39, 0.29) is 5.75 Å². The zero-order valence-corrected chi connectivity index (χ0v) is 9.66. The highest BCUT2D eigenvalue weighted by molar-refractivity contribution is 9.10. The van der Waals surface area contributed by atoms with Crippen molar-refractivity contribution < 1.29 is 8.42 Å². The van der Waals surface area contributed by atoms with Crippen LogP contribution in [0.3, 0.4) is 0 Å². The van der Waals surface area contributed by atoms with Gasteiger partial charge in [0, 0.05) is 9.50 Å². The number of halogens is 2. The summed E-state index contributed by atoms with van der Waals surface area (Å²) in [5, 5.41) is 5.28. The number of hydrogen-bond acceptors (Lipinski definition) is 2. The second-order valence-corrected chi connectivity index (χ2v) is 5.48. The van der Waals surface area contributed by atoms with Crippen molar-refractivity contribution in [3.63, 3.8) is 0 Å².